The number of rotatable bonds is 0. The van der Waals surface area contributed by atoms with E-state index in [1.165, 1.54) is 0 Å². The molecule has 0 bridgehead atoms. The summed E-state index contributed by atoms with van der Waals surface area (Å²) < 4.78 is 0. The fourth-order valence-corrected chi connectivity index (χ4v) is 0.877. The van der Waals surface area contributed by atoms with Gasteiger partial charge in [-0.3, -0.25) is 4.90 Å². The minimum Gasteiger partial charge on any atom is -0.289 e. The van der Waals surface area contributed by atoms with Gasteiger partial charge in [0.2, 0.25) is 0 Å². The van der Waals surface area contributed by atoms with E-state index in [1.54, 1.807) is 0 Å². The van der Waals surface area contributed by atoms with E-state index in [0.717, 1.165) is 13.1 Å². The van der Waals surface area contributed by atoms with Crippen molar-refractivity contribution in [3.8, 4) is 6.07 Å². The van der Waals surface area contributed by atoms with Crippen LogP contribution < -0.4 is 5.32 Å². The van der Waals surface area contributed by atoms with Crippen LogP contribution in [0, 0.1) is 11.3 Å². The monoisotopic (exact) mass is 124 g/mol. The van der Waals surface area contributed by atoms with Gasteiger partial charge in [0.05, 0.1) is 6.07 Å². The second-order valence-corrected chi connectivity index (χ2v) is 2.26. The Morgan fingerprint density at radius 2 is 2.56 bits per heavy atom. The lowest BCUT2D eigenvalue weighted by molar-refractivity contribution is 0.239. The van der Waals surface area contributed by atoms with Crippen LogP contribution in [0.15, 0.2) is 0 Å². The largest absolute Gasteiger partial charge is 0.289 e. The normalized spacial score (nSPS) is 29.6. The Morgan fingerprint density at radius 3 is 3.00 bits per heavy atom. The number of piperazine rings is 1. The van der Waals surface area contributed by atoms with E-state index in [1.807, 2.05) is 11.9 Å². The van der Waals surface area contributed by atoms with E-state index in [-0.39, 0.29) is 6.04 Å². The van der Waals surface area contributed by atoms with Crippen molar-refractivity contribution < 1.29 is 0 Å². The van der Waals surface area contributed by atoms with Crippen LogP contribution in [0.4, 0.5) is 0 Å². The van der Waals surface area contributed by atoms with Crippen LogP contribution in [-0.4, -0.2) is 37.6 Å². The van der Waals surface area contributed by atoms with Crippen molar-refractivity contribution in [2.75, 3.05) is 26.7 Å². The second-order valence-electron chi connectivity index (χ2n) is 2.26. The highest BCUT2D eigenvalue weighted by Gasteiger charge is 2.17. The van der Waals surface area contributed by atoms with E-state index in [0.29, 0.717) is 6.54 Å². The maximum atomic E-state index is 8.51. The SMILES string of the molecule is CN1CC[N]CC1C#N. The molecule has 49 valence electrons. The van der Waals surface area contributed by atoms with Crippen LogP contribution in [0.25, 0.3) is 0 Å². The van der Waals surface area contributed by atoms with Crippen LogP contribution >= 0.6 is 0 Å². The average molecular weight is 124 g/mol. The third kappa shape index (κ3) is 1.41. The molecule has 1 unspecified atom stereocenters. The Kier molecular flexibility index (Phi) is 2.04. The van der Waals surface area contributed by atoms with Gasteiger partial charge >= 0.3 is 0 Å². The summed E-state index contributed by atoms with van der Waals surface area (Å²) in [6.45, 7) is 2.50. The van der Waals surface area contributed by atoms with Gasteiger partial charge in [0.1, 0.15) is 6.04 Å². The van der Waals surface area contributed by atoms with E-state index >= 15 is 0 Å². The molecule has 1 heterocycles. The first-order valence-electron chi connectivity index (χ1n) is 3.07. The van der Waals surface area contributed by atoms with Crippen LogP contribution in [0.2, 0.25) is 0 Å². The van der Waals surface area contributed by atoms with Gasteiger partial charge in [-0.05, 0) is 7.05 Å². The third-order valence-electron chi connectivity index (χ3n) is 1.59. The van der Waals surface area contributed by atoms with Crippen molar-refractivity contribution in [1.82, 2.24) is 10.2 Å². The lowest BCUT2D eigenvalue weighted by Gasteiger charge is -2.26. The molecule has 1 aliphatic heterocycles. The number of likely N-dealkylation sites (N-methyl/N-ethyl adjacent to an activating group) is 1. The molecule has 0 spiro atoms. The Bertz CT molecular complexity index is 127. The second kappa shape index (κ2) is 2.81. The highest BCUT2D eigenvalue weighted by atomic mass is 15.2. The first-order valence-corrected chi connectivity index (χ1v) is 3.07. The predicted molar refractivity (Wildman–Crippen MR) is 33.9 cm³/mol. The summed E-state index contributed by atoms with van der Waals surface area (Å²) >= 11 is 0. The van der Waals surface area contributed by atoms with E-state index in [4.69, 9.17) is 5.26 Å². The highest BCUT2D eigenvalue weighted by molar-refractivity contribution is 4.94. The molecule has 0 aromatic heterocycles. The number of nitriles is 1. The zero-order valence-corrected chi connectivity index (χ0v) is 5.54. The van der Waals surface area contributed by atoms with Crippen molar-refractivity contribution >= 4 is 0 Å². The lowest BCUT2D eigenvalue weighted by Crippen LogP contribution is -2.45. The Hall–Kier alpha value is -0.590. The molecular weight excluding hydrogens is 114 g/mol. The molecule has 0 N–H and O–H groups in total. The molecule has 3 heteroatoms. The molecule has 1 fully saturated rings. The van der Waals surface area contributed by atoms with E-state index < -0.39 is 0 Å². The number of hydrogen-bond donors (Lipinski definition) is 0. The molecule has 1 aliphatic rings. The topological polar surface area (TPSA) is 41.1 Å². The average Bonchev–Trinajstić information content (AvgIpc) is 1.89. The molecule has 1 rings (SSSR count). The van der Waals surface area contributed by atoms with Crippen molar-refractivity contribution in [3.05, 3.63) is 0 Å². The van der Waals surface area contributed by atoms with Gasteiger partial charge in [0.25, 0.3) is 0 Å². The zero-order chi connectivity index (χ0) is 6.69. The fraction of sp³-hybridized carbons (Fsp3) is 0.833. The van der Waals surface area contributed by atoms with Gasteiger partial charge in [-0.2, -0.15) is 5.26 Å². The van der Waals surface area contributed by atoms with Crippen molar-refractivity contribution in [3.63, 3.8) is 0 Å². The van der Waals surface area contributed by atoms with Gasteiger partial charge in [0, 0.05) is 19.6 Å². The van der Waals surface area contributed by atoms with Gasteiger partial charge in [-0.1, -0.05) is 0 Å². The molecule has 1 atom stereocenters. The summed E-state index contributed by atoms with van der Waals surface area (Å²) in [6.07, 6.45) is 0. The van der Waals surface area contributed by atoms with Gasteiger partial charge in [0.15, 0.2) is 0 Å². The van der Waals surface area contributed by atoms with Crippen molar-refractivity contribution in [2.45, 2.75) is 6.04 Å². The Labute approximate surface area is 55.3 Å². The predicted octanol–water partition coefficient (Wildman–Crippen LogP) is -0.572. The molecule has 0 aliphatic carbocycles. The maximum absolute atomic E-state index is 8.51. The first kappa shape index (κ1) is 6.53. The summed E-state index contributed by atoms with van der Waals surface area (Å²) in [5, 5.41) is 12.6. The molecule has 1 saturated heterocycles. The zero-order valence-electron chi connectivity index (χ0n) is 5.54. The summed E-state index contributed by atoms with van der Waals surface area (Å²) in [4.78, 5) is 2.03. The minimum atomic E-state index is 0.0266. The lowest BCUT2D eigenvalue weighted by atomic mass is 10.2. The molecule has 3 nitrogen and oxygen atoms in total. The van der Waals surface area contributed by atoms with Gasteiger partial charge in [-0.25, -0.2) is 5.32 Å². The summed E-state index contributed by atoms with van der Waals surface area (Å²) in [7, 11) is 1.96. The summed E-state index contributed by atoms with van der Waals surface area (Å²) in [5.41, 5.74) is 0. The molecule has 0 amide bonds. The van der Waals surface area contributed by atoms with E-state index in [2.05, 4.69) is 11.4 Å². The fourth-order valence-electron chi connectivity index (χ4n) is 0.877. The quantitative estimate of drug-likeness (QED) is 0.434. The highest BCUT2D eigenvalue weighted by Crippen LogP contribution is 1.97. The third-order valence-corrected chi connectivity index (χ3v) is 1.59. The smallest absolute Gasteiger partial charge is 0.112 e. The maximum Gasteiger partial charge on any atom is 0.112 e. The molecule has 0 aromatic carbocycles. The van der Waals surface area contributed by atoms with Crippen LogP contribution in [0.5, 0.6) is 0 Å². The molecule has 1 radical (unpaired) electrons. The summed E-state index contributed by atoms with van der Waals surface area (Å²) in [6, 6.07) is 2.21. The summed E-state index contributed by atoms with van der Waals surface area (Å²) in [5.74, 6) is 0. The van der Waals surface area contributed by atoms with Crippen molar-refractivity contribution in [1.29, 1.82) is 5.26 Å². The Morgan fingerprint density at radius 1 is 1.78 bits per heavy atom. The van der Waals surface area contributed by atoms with Crippen LogP contribution in [0.3, 0.4) is 0 Å². The first-order chi connectivity index (χ1) is 4.34. The molecular formula is C6H10N3. The van der Waals surface area contributed by atoms with Crippen LogP contribution in [-0.2, 0) is 0 Å². The number of hydrogen-bond acceptors (Lipinski definition) is 2. The standard InChI is InChI=1S/C6H10N3/c1-9-3-2-8-5-6(9)4-7/h6H,2-3,5H2,1H3. The van der Waals surface area contributed by atoms with Gasteiger partial charge in [-0.15, -0.1) is 0 Å². The molecule has 0 saturated carbocycles. The van der Waals surface area contributed by atoms with Gasteiger partial charge < -0.3 is 0 Å². The minimum absolute atomic E-state index is 0.0266. The van der Waals surface area contributed by atoms with Crippen molar-refractivity contribution in [2.24, 2.45) is 0 Å². The van der Waals surface area contributed by atoms with E-state index in [9.17, 15) is 0 Å². The molecule has 0 aromatic rings. The molecule has 9 heavy (non-hydrogen) atoms. The Balaban J connectivity index is 2.41. The number of nitrogens with zero attached hydrogens (tertiary/aromatic N) is 3. The van der Waals surface area contributed by atoms with Crippen LogP contribution in [0.1, 0.15) is 0 Å².